The lowest BCUT2D eigenvalue weighted by molar-refractivity contribution is -0.122. The van der Waals surface area contributed by atoms with E-state index in [0.29, 0.717) is 18.5 Å². The second-order valence-corrected chi connectivity index (χ2v) is 9.52. The lowest BCUT2D eigenvalue weighted by Crippen LogP contribution is -2.45. The van der Waals surface area contributed by atoms with Gasteiger partial charge < -0.3 is 9.88 Å². The van der Waals surface area contributed by atoms with E-state index >= 15 is 0 Å². The van der Waals surface area contributed by atoms with Gasteiger partial charge in [0.2, 0.25) is 5.91 Å². The number of carbonyl (C=O) groups excluding carboxylic acids is 1. The number of rotatable bonds is 6. The molecule has 0 fully saturated rings. The Bertz CT molecular complexity index is 1530. The molecule has 0 saturated carbocycles. The standard InChI is InChI=1S/C25H24FN5O3S/c1-2-29-15-27-23-22(29)24(33)31(25(34)30(23)13-16-6-4-3-5-7-16)14-21(32)28-19-10-11-35-20-9-8-17(26)12-18(19)20/h3-9,12,15,19H,2,10-11,13-14H2,1H3,(H,28,32). The fourth-order valence-electron chi connectivity index (χ4n) is 4.43. The van der Waals surface area contributed by atoms with Crippen LogP contribution < -0.4 is 16.6 Å². The van der Waals surface area contributed by atoms with Crippen LogP contribution in [0.5, 0.6) is 0 Å². The third-order valence-electron chi connectivity index (χ3n) is 6.16. The summed E-state index contributed by atoms with van der Waals surface area (Å²) in [4.78, 5) is 45.0. The average molecular weight is 494 g/mol. The molecule has 1 aliphatic heterocycles. The molecule has 1 unspecified atom stereocenters. The second kappa shape index (κ2) is 9.53. The zero-order chi connectivity index (χ0) is 24.5. The summed E-state index contributed by atoms with van der Waals surface area (Å²) in [6, 6.07) is 13.5. The highest BCUT2D eigenvalue weighted by molar-refractivity contribution is 7.99. The minimum atomic E-state index is -0.603. The Morgan fingerprint density at radius 3 is 2.74 bits per heavy atom. The largest absolute Gasteiger partial charge is 0.348 e. The van der Waals surface area contributed by atoms with E-state index < -0.39 is 23.7 Å². The molecule has 10 heteroatoms. The Hall–Kier alpha value is -3.66. The number of imidazole rings is 1. The monoisotopic (exact) mass is 493 g/mol. The molecule has 1 atom stereocenters. The molecule has 0 bridgehead atoms. The molecule has 3 heterocycles. The van der Waals surface area contributed by atoms with Crippen LogP contribution in [0.4, 0.5) is 4.39 Å². The van der Waals surface area contributed by atoms with Crippen LogP contribution in [0.15, 0.2) is 69.3 Å². The van der Waals surface area contributed by atoms with Gasteiger partial charge in [-0.3, -0.25) is 14.2 Å². The van der Waals surface area contributed by atoms with E-state index in [0.717, 1.165) is 20.8 Å². The van der Waals surface area contributed by atoms with Crippen LogP contribution in [0, 0.1) is 5.82 Å². The number of aromatic nitrogens is 4. The number of fused-ring (bicyclic) bond motifs is 2. The quantitative estimate of drug-likeness (QED) is 0.446. The van der Waals surface area contributed by atoms with Crippen molar-refractivity contribution < 1.29 is 9.18 Å². The lowest BCUT2D eigenvalue weighted by atomic mass is 10.0. The molecule has 0 aliphatic carbocycles. The van der Waals surface area contributed by atoms with Crippen molar-refractivity contribution in [1.82, 2.24) is 24.0 Å². The molecule has 5 rings (SSSR count). The van der Waals surface area contributed by atoms with Gasteiger partial charge in [0.05, 0.1) is 18.9 Å². The van der Waals surface area contributed by atoms with Gasteiger partial charge in [-0.25, -0.2) is 18.7 Å². The molecule has 2 aromatic heterocycles. The van der Waals surface area contributed by atoms with Gasteiger partial charge in [-0.15, -0.1) is 11.8 Å². The van der Waals surface area contributed by atoms with Crippen molar-refractivity contribution in [1.29, 1.82) is 0 Å². The molecule has 8 nitrogen and oxygen atoms in total. The number of nitrogens with zero attached hydrogens (tertiary/aromatic N) is 4. The molecule has 1 N–H and O–H groups in total. The third-order valence-corrected chi connectivity index (χ3v) is 7.28. The van der Waals surface area contributed by atoms with Gasteiger partial charge in [-0.05, 0) is 42.7 Å². The molecule has 4 aromatic rings. The van der Waals surface area contributed by atoms with Crippen LogP contribution >= 0.6 is 11.8 Å². The maximum atomic E-state index is 13.9. The minimum Gasteiger partial charge on any atom is -0.348 e. The van der Waals surface area contributed by atoms with E-state index in [1.165, 1.54) is 23.0 Å². The fraction of sp³-hybridized carbons (Fsp3) is 0.280. The molecular formula is C25H24FN5O3S. The summed E-state index contributed by atoms with van der Waals surface area (Å²) in [5.41, 5.74) is 0.981. The highest BCUT2D eigenvalue weighted by Gasteiger charge is 2.25. The molecule has 180 valence electrons. The van der Waals surface area contributed by atoms with Gasteiger partial charge in [0, 0.05) is 17.2 Å². The summed E-state index contributed by atoms with van der Waals surface area (Å²) in [5.74, 6) is -0.0806. The van der Waals surface area contributed by atoms with E-state index in [4.69, 9.17) is 0 Å². The summed E-state index contributed by atoms with van der Waals surface area (Å²) >= 11 is 1.61. The second-order valence-electron chi connectivity index (χ2n) is 8.39. The Labute approximate surface area is 204 Å². The number of carbonyl (C=O) groups is 1. The van der Waals surface area contributed by atoms with Crippen molar-refractivity contribution >= 4 is 28.8 Å². The molecule has 35 heavy (non-hydrogen) atoms. The Balaban J connectivity index is 1.51. The number of thioether (sulfide) groups is 1. The predicted octanol–water partition coefficient (Wildman–Crippen LogP) is 2.92. The highest BCUT2D eigenvalue weighted by atomic mass is 32.2. The highest BCUT2D eigenvalue weighted by Crippen LogP contribution is 2.36. The Kier molecular flexibility index (Phi) is 6.29. The summed E-state index contributed by atoms with van der Waals surface area (Å²) in [6.07, 6.45) is 2.16. The zero-order valence-corrected chi connectivity index (χ0v) is 19.9. The van der Waals surface area contributed by atoms with Gasteiger partial charge in [-0.1, -0.05) is 30.3 Å². The molecule has 0 saturated heterocycles. The first-order chi connectivity index (χ1) is 17.0. The molecule has 1 amide bonds. The van der Waals surface area contributed by atoms with Crippen LogP contribution in [-0.4, -0.2) is 30.3 Å². The zero-order valence-electron chi connectivity index (χ0n) is 19.1. The minimum absolute atomic E-state index is 0.214. The Morgan fingerprint density at radius 1 is 1.17 bits per heavy atom. The Morgan fingerprint density at radius 2 is 1.97 bits per heavy atom. The first kappa shape index (κ1) is 23.1. The van der Waals surface area contributed by atoms with Crippen LogP contribution in [-0.2, 0) is 24.4 Å². The maximum Gasteiger partial charge on any atom is 0.333 e. The number of nitrogens with one attached hydrogen (secondary N) is 1. The topological polar surface area (TPSA) is 90.9 Å². The van der Waals surface area contributed by atoms with Crippen molar-refractivity contribution in [2.45, 2.75) is 43.9 Å². The number of hydrogen-bond acceptors (Lipinski definition) is 5. The molecule has 0 radical (unpaired) electrons. The van der Waals surface area contributed by atoms with E-state index in [1.807, 2.05) is 37.3 Å². The van der Waals surface area contributed by atoms with Gasteiger partial charge >= 0.3 is 5.69 Å². The maximum absolute atomic E-state index is 13.9. The van der Waals surface area contributed by atoms with Crippen molar-refractivity contribution in [3.8, 4) is 0 Å². The number of amides is 1. The number of hydrogen-bond donors (Lipinski definition) is 1. The SMILES string of the molecule is CCn1cnc2c1c(=O)n(CC(=O)NC1CCSc3ccc(F)cc31)c(=O)n2Cc1ccccc1. The number of benzene rings is 2. The van der Waals surface area contributed by atoms with Crippen LogP contribution in [0.2, 0.25) is 0 Å². The lowest BCUT2D eigenvalue weighted by Gasteiger charge is -2.26. The van der Waals surface area contributed by atoms with Gasteiger partial charge in [0.15, 0.2) is 11.2 Å². The van der Waals surface area contributed by atoms with Gasteiger partial charge in [-0.2, -0.15) is 0 Å². The van der Waals surface area contributed by atoms with E-state index in [-0.39, 0.29) is 29.6 Å². The molecule has 0 spiro atoms. The van der Waals surface area contributed by atoms with E-state index in [9.17, 15) is 18.8 Å². The van der Waals surface area contributed by atoms with Crippen LogP contribution in [0.3, 0.4) is 0 Å². The van der Waals surface area contributed by atoms with E-state index in [1.54, 1.807) is 22.4 Å². The number of halogens is 1. The van der Waals surface area contributed by atoms with Crippen molar-refractivity contribution in [2.75, 3.05) is 5.75 Å². The molecule has 2 aromatic carbocycles. The van der Waals surface area contributed by atoms with Crippen molar-refractivity contribution in [3.63, 3.8) is 0 Å². The summed E-state index contributed by atoms with van der Waals surface area (Å²) in [5, 5.41) is 2.90. The third kappa shape index (κ3) is 4.41. The fourth-order valence-corrected chi connectivity index (χ4v) is 5.53. The molecular weight excluding hydrogens is 469 g/mol. The normalized spacial score (nSPS) is 15.2. The van der Waals surface area contributed by atoms with Crippen LogP contribution in [0.1, 0.15) is 30.5 Å². The van der Waals surface area contributed by atoms with Crippen LogP contribution in [0.25, 0.3) is 11.2 Å². The first-order valence-corrected chi connectivity index (χ1v) is 12.4. The molecule has 1 aliphatic rings. The average Bonchev–Trinajstić information content (AvgIpc) is 3.30. The number of aryl methyl sites for hydroxylation is 1. The van der Waals surface area contributed by atoms with Crippen molar-refractivity contribution in [2.24, 2.45) is 0 Å². The first-order valence-electron chi connectivity index (χ1n) is 11.4. The summed E-state index contributed by atoms with van der Waals surface area (Å²) in [6.45, 7) is 2.14. The van der Waals surface area contributed by atoms with Gasteiger partial charge in [0.25, 0.3) is 5.56 Å². The smallest absolute Gasteiger partial charge is 0.333 e. The van der Waals surface area contributed by atoms with Gasteiger partial charge in [0.1, 0.15) is 12.4 Å². The van der Waals surface area contributed by atoms with E-state index in [2.05, 4.69) is 10.3 Å². The predicted molar refractivity (Wildman–Crippen MR) is 132 cm³/mol. The summed E-state index contributed by atoms with van der Waals surface area (Å²) < 4.78 is 17.9. The summed E-state index contributed by atoms with van der Waals surface area (Å²) in [7, 11) is 0. The van der Waals surface area contributed by atoms with Crippen molar-refractivity contribution in [3.05, 3.63) is 92.6 Å².